The van der Waals surface area contributed by atoms with E-state index >= 15 is 0 Å². The Morgan fingerprint density at radius 3 is 2.44 bits per heavy atom. The zero-order chi connectivity index (χ0) is 6.32. The summed E-state index contributed by atoms with van der Waals surface area (Å²) in [6.07, 6.45) is 7.35. The van der Waals surface area contributed by atoms with Crippen LogP contribution in [0.4, 0.5) is 0 Å². The quantitative estimate of drug-likeness (QED) is 0.565. The summed E-state index contributed by atoms with van der Waals surface area (Å²) in [5.74, 6) is 0.917. The Morgan fingerprint density at radius 1 is 1.33 bits per heavy atom. The van der Waals surface area contributed by atoms with E-state index in [9.17, 15) is 0 Å². The fraction of sp³-hybridized carbons (Fsp3) is 1.00. The van der Waals surface area contributed by atoms with E-state index in [0.717, 1.165) is 17.9 Å². The molecule has 0 aromatic heterocycles. The first-order chi connectivity index (χ1) is 4.37. The number of hydrogen-bond donors (Lipinski definition) is 1. The minimum atomic E-state index is 0.786. The van der Waals surface area contributed by atoms with Gasteiger partial charge in [0.15, 0.2) is 0 Å². The molecule has 2 N–H and O–H groups in total. The molecule has 2 fully saturated rings. The van der Waals surface area contributed by atoms with Gasteiger partial charge in [-0.2, -0.15) is 0 Å². The van der Waals surface area contributed by atoms with Crippen LogP contribution in [-0.4, -0.2) is 6.54 Å². The van der Waals surface area contributed by atoms with Crippen molar-refractivity contribution >= 4 is 0 Å². The molecule has 2 aliphatic carbocycles. The smallest absolute Gasteiger partial charge is 0.00433 e. The predicted molar refractivity (Wildman–Crippen MR) is 38.1 cm³/mol. The maximum Gasteiger partial charge on any atom is -0.00433 e. The van der Waals surface area contributed by atoms with E-state index < -0.39 is 0 Å². The Kier molecular flexibility index (Phi) is 1.10. The summed E-state index contributed by atoms with van der Waals surface area (Å²) in [6.45, 7) is 0.944. The highest BCUT2D eigenvalue weighted by molar-refractivity contribution is 5.04. The van der Waals surface area contributed by atoms with Crippen molar-refractivity contribution in [2.75, 3.05) is 6.54 Å². The van der Waals surface area contributed by atoms with Gasteiger partial charge in [0, 0.05) is 0 Å². The second kappa shape index (κ2) is 1.72. The normalized spacial score (nSPS) is 37.7. The summed E-state index contributed by atoms with van der Waals surface area (Å²) >= 11 is 0. The molecule has 0 saturated heterocycles. The monoisotopic (exact) mass is 125 g/mol. The van der Waals surface area contributed by atoms with Gasteiger partial charge in [-0.1, -0.05) is 12.8 Å². The summed E-state index contributed by atoms with van der Waals surface area (Å²) in [4.78, 5) is 0. The summed E-state index contributed by atoms with van der Waals surface area (Å²) < 4.78 is 0. The lowest BCUT2D eigenvalue weighted by molar-refractivity contribution is 0.474. The lowest BCUT2D eigenvalue weighted by Gasteiger charge is -2.04. The molecule has 0 aromatic carbocycles. The SMILES string of the molecule is NCC1CC12CCCC2. The van der Waals surface area contributed by atoms with Crippen molar-refractivity contribution in [1.29, 1.82) is 0 Å². The maximum atomic E-state index is 5.59. The molecule has 0 aromatic rings. The lowest BCUT2D eigenvalue weighted by Crippen LogP contribution is -2.07. The zero-order valence-corrected chi connectivity index (χ0v) is 5.90. The van der Waals surface area contributed by atoms with Crippen LogP contribution >= 0.6 is 0 Å². The molecule has 0 heterocycles. The van der Waals surface area contributed by atoms with Gasteiger partial charge in [-0.25, -0.2) is 0 Å². The van der Waals surface area contributed by atoms with Crippen LogP contribution in [0.25, 0.3) is 0 Å². The summed E-state index contributed by atoms with van der Waals surface area (Å²) in [5.41, 5.74) is 6.37. The van der Waals surface area contributed by atoms with Gasteiger partial charge >= 0.3 is 0 Å². The highest BCUT2D eigenvalue weighted by Crippen LogP contribution is 2.62. The zero-order valence-electron chi connectivity index (χ0n) is 5.90. The predicted octanol–water partition coefficient (Wildman–Crippen LogP) is 1.53. The van der Waals surface area contributed by atoms with E-state index in [1.165, 1.54) is 32.1 Å². The van der Waals surface area contributed by atoms with Gasteiger partial charge in [0.25, 0.3) is 0 Å². The highest BCUT2D eigenvalue weighted by atomic mass is 14.7. The van der Waals surface area contributed by atoms with Crippen molar-refractivity contribution in [3.05, 3.63) is 0 Å². The summed E-state index contributed by atoms with van der Waals surface area (Å²) in [7, 11) is 0. The first-order valence-electron chi connectivity index (χ1n) is 4.07. The largest absolute Gasteiger partial charge is 0.330 e. The van der Waals surface area contributed by atoms with Crippen LogP contribution in [0, 0.1) is 11.3 Å². The molecule has 0 bridgehead atoms. The fourth-order valence-corrected chi connectivity index (χ4v) is 2.46. The molecular formula is C8H15N. The first-order valence-corrected chi connectivity index (χ1v) is 4.07. The van der Waals surface area contributed by atoms with Gasteiger partial charge in [0.2, 0.25) is 0 Å². The minimum Gasteiger partial charge on any atom is -0.330 e. The molecule has 1 nitrogen and oxygen atoms in total. The van der Waals surface area contributed by atoms with Crippen molar-refractivity contribution in [3.63, 3.8) is 0 Å². The second-order valence-corrected chi connectivity index (χ2v) is 3.71. The molecule has 52 valence electrons. The van der Waals surface area contributed by atoms with Gasteiger partial charge in [0.1, 0.15) is 0 Å². The van der Waals surface area contributed by atoms with Crippen LogP contribution < -0.4 is 5.73 Å². The highest BCUT2D eigenvalue weighted by Gasteiger charge is 2.53. The molecule has 9 heavy (non-hydrogen) atoms. The fourth-order valence-electron chi connectivity index (χ4n) is 2.46. The second-order valence-electron chi connectivity index (χ2n) is 3.71. The number of rotatable bonds is 1. The molecule has 2 aliphatic rings. The molecule has 1 atom stereocenters. The molecule has 2 saturated carbocycles. The molecule has 0 amide bonds. The van der Waals surface area contributed by atoms with E-state index in [1.54, 1.807) is 0 Å². The van der Waals surface area contributed by atoms with Gasteiger partial charge in [0.05, 0.1) is 0 Å². The molecule has 0 radical (unpaired) electrons. The Balaban J connectivity index is 1.97. The van der Waals surface area contributed by atoms with Crippen LogP contribution in [0.3, 0.4) is 0 Å². The van der Waals surface area contributed by atoms with E-state index in [4.69, 9.17) is 5.73 Å². The minimum absolute atomic E-state index is 0.786. The number of hydrogen-bond acceptors (Lipinski definition) is 1. The van der Waals surface area contributed by atoms with Crippen molar-refractivity contribution in [3.8, 4) is 0 Å². The molecular weight excluding hydrogens is 110 g/mol. The molecule has 1 heteroatoms. The van der Waals surface area contributed by atoms with Crippen LogP contribution in [-0.2, 0) is 0 Å². The van der Waals surface area contributed by atoms with Crippen molar-refractivity contribution in [2.45, 2.75) is 32.1 Å². The topological polar surface area (TPSA) is 26.0 Å². The van der Waals surface area contributed by atoms with Gasteiger partial charge in [-0.05, 0) is 37.1 Å². The Bertz CT molecular complexity index is 114. The van der Waals surface area contributed by atoms with E-state index in [1.807, 2.05) is 0 Å². The van der Waals surface area contributed by atoms with E-state index in [0.29, 0.717) is 0 Å². The first kappa shape index (κ1) is 5.72. The van der Waals surface area contributed by atoms with Gasteiger partial charge < -0.3 is 5.73 Å². The van der Waals surface area contributed by atoms with E-state index in [-0.39, 0.29) is 0 Å². The van der Waals surface area contributed by atoms with Gasteiger partial charge in [-0.3, -0.25) is 0 Å². The van der Waals surface area contributed by atoms with Crippen molar-refractivity contribution in [1.82, 2.24) is 0 Å². The van der Waals surface area contributed by atoms with Crippen LogP contribution in [0.5, 0.6) is 0 Å². The maximum absolute atomic E-state index is 5.59. The lowest BCUT2D eigenvalue weighted by atomic mass is 10.0. The standard InChI is InChI=1S/C8H15N/c9-6-7-5-8(7)3-1-2-4-8/h7H,1-6,9H2. The summed E-state index contributed by atoms with van der Waals surface area (Å²) in [5, 5.41) is 0. The van der Waals surface area contributed by atoms with Crippen LogP contribution in [0.1, 0.15) is 32.1 Å². The Morgan fingerprint density at radius 2 is 2.00 bits per heavy atom. The Hall–Kier alpha value is -0.0400. The average molecular weight is 125 g/mol. The molecule has 0 aliphatic heterocycles. The van der Waals surface area contributed by atoms with Crippen LogP contribution in [0.15, 0.2) is 0 Å². The summed E-state index contributed by atoms with van der Waals surface area (Å²) in [6, 6.07) is 0. The molecule has 1 unspecified atom stereocenters. The molecule has 2 rings (SSSR count). The number of nitrogens with two attached hydrogens (primary N) is 1. The third kappa shape index (κ3) is 0.710. The Labute approximate surface area is 56.6 Å². The van der Waals surface area contributed by atoms with Crippen molar-refractivity contribution in [2.24, 2.45) is 17.1 Å². The van der Waals surface area contributed by atoms with Crippen molar-refractivity contribution < 1.29 is 0 Å². The third-order valence-corrected chi connectivity index (χ3v) is 3.24. The average Bonchev–Trinajstić information content (AvgIpc) is 2.30. The third-order valence-electron chi connectivity index (χ3n) is 3.24. The van der Waals surface area contributed by atoms with Gasteiger partial charge in [-0.15, -0.1) is 0 Å². The molecule has 1 spiro atoms. The van der Waals surface area contributed by atoms with Crippen LogP contribution in [0.2, 0.25) is 0 Å². The van der Waals surface area contributed by atoms with E-state index in [2.05, 4.69) is 0 Å².